The highest BCUT2D eigenvalue weighted by molar-refractivity contribution is 5.92. The van der Waals surface area contributed by atoms with Gasteiger partial charge in [-0.15, -0.1) is 0 Å². The molecule has 0 spiro atoms. The Morgan fingerprint density at radius 1 is 1.45 bits per heavy atom. The minimum atomic E-state index is -0.964. The zero-order chi connectivity index (χ0) is 14.7. The third-order valence-electron chi connectivity index (χ3n) is 3.39. The van der Waals surface area contributed by atoms with Crippen LogP contribution in [0.25, 0.3) is 0 Å². The third-order valence-corrected chi connectivity index (χ3v) is 3.39. The first-order valence-corrected chi connectivity index (χ1v) is 6.60. The van der Waals surface area contributed by atoms with Crippen molar-refractivity contribution in [3.63, 3.8) is 0 Å². The van der Waals surface area contributed by atoms with Crippen molar-refractivity contribution >= 4 is 11.9 Å². The monoisotopic (exact) mass is 281 g/mol. The molecule has 2 rings (SSSR count). The summed E-state index contributed by atoms with van der Waals surface area (Å²) in [6.07, 6.45) is 1.24. The maximum atomic E-state index is 12.3. The Hall–Kier alpha value is -1.89. The summed E-state index contributed by atoms with van der Waals surface area (Å²) < 4.78 is 6.84. The molecule has 110 valence electrons. The van der Waals surface area contributed by atoms with Gasteiger partial charge in [0.25, 0.3) is 5.91 Å². The first-order chi connectivity index (χ1) is 9.47. The SMILES string of the molecule is Cc1cc(C(=O)N2CCC(OCC(=O)O)CC2)n(C)n1. The summed E-state index contributed by atoms with van der Waals surface area (Å²) in [5.41, 5.74) is 1.39. The summed E-state index contributed by atoms with van der Waals surface area (Å²) >= 11 is 0. The fourth-order valence-corrected chi connectivity index (χ4v) is 2.39. The molecule has 1 aliphatic rings. The van der Waals surface area contributed by atoms with Crippen LogP contribution in [0, 0.1) is 6.92 Å². The lowest BCUT2D eigenvalue weighted by molar-refractivity contribution is -0.145. The van der Waals surface area contributed by atoms with E-state index in [9.17, 15) is 9.59 Å². The Labute approximate surface area is 117 Å². The summed E-state index contributed by atoms with van der Waals surface area (Å²) in [7, 11) is 1.75. The molecule has 1 aromatic heterocycles. The van der Waals surface area contributed by atoms with Crippen LogP contribution in [0.1, 0.15) is 29.0 Å². The molecule has 0 atom stereocenters. The van der Waals surface area contributed by atoms with Gasteiger partial charge < -0.3 is 14.7 Å². The van der Waals surface area contributed by atoms with E-state index < -0.39 is 5.97 Å². The number of carbonyl (C=O) groups excluding carboxylic acids is 1. The maximum Gasteiger partial charge on any atom is 0.329 e. The number of ether oxygens (including phenoxy) is 1. The second kappa shape index (κ2) is 6.04. The number of piperidine rings is 1. The molecule has 0 unspecified atom stereocenters. The summed E-state index contributed by atoms with van der Waals surface area (Å²) in [5.74, 6) is -1.00. The van der Waals surface area contributed by atoms with E-state index in [0.717, 1.165) is 5.69 Å². The number of rotatable bonds is 4. The predicted octanol–water partition coefficient (Wildman–Crippen LogP) is 0.434. The summed E-state index contributed by atoms with van der Waals surface area (Å²) in [4.78, 5) is 24.5. The van der Waals surface area contributed by atoms with Gasteiger partial charge in [0.05, 0.1) is 11.8 Å². The van der Waals surface area contributed by atoms with Gasteiger partial charge in [-0.2, -0.15) is 5.10 Å². The Morgan fingerprint density at radius 2 is 2.10 bits per heavy atom. The van der Waals surface area contributed by atoms with Crippen LogP contribution in [0.2, 0.25) is 0 Å². The number of carboxylic acid groups (broad SMARTS) is 1. The van der Waals surface area contributed by atoms with Crippen molar-refractivity contribution in [2.24, 2.45) is 7.05 Å². The molecule has 0 saturated carbocycles. The molecule has 7 nitrogen and oxygen atoms in total. The number of amides is 1. The number of aryl methyl sites for hydroxylation is 2. The minimum absolute atomic E-state index is 0.0372. The van der Waals surface area contributed by atoms with Crippen molar-refractivity contribution in [3.8, 4) is 0 Å². The fraction of sp³-hybridized carbons (Fsp3) is 0.615. The molecular weight excluding hydrogens is 262 g/mol. The highest BCUT2D eigenvalue weighted by Gasteiger charge is 2.26. The highest BCUT2D eigenvalue weighted by Crippen LogP contribution is 2.16. The largest absolute Gasteiger partial charge is 0.480 e. The van der Waals surface area contributed by atoms with Gasteiger partial charge in [0.2, 0.25) is 0 Å². The topological polar surface area (TPSA) is 84.7 Å². The summed E-state index contributed by atoms with van der Waals surface area (Å²) in [5, 5.41) is 12.7. The molecule has 1 fully saturated rings. The number of likely N-dealkylation sites (tertiary alicyclic amines) is 1. The van der Waals surface area contributed by atoms with E-state index in [2.05, 4.69) is 5.10 Å². The number of hydrogen-bond donors (Lipinski definition) is 1. The average molecular weight is 281 g/mol. The molecule has 0 aliphatic carbocycles. The lowest BCUT2D eigenvalue weighted by Crippen LogP contribution is -2.41. The summed E-state index contributed by atoms with van der Waals surface area (Å²) in [6.45, 7) is 2.73. The van der Waals surface area contributed by atoms with Gasteiger partial charge in [-0.05, 0) is 25.8 Å². The van der Waals surface area contributed by atoms with E-state index in [1.54, 1.807) is 22.7 Å². The van der Waals surface area contributed by atoms with Crippen molar-refractivity contribution < 1.29 is 19.4 Å². The van der Waals surface area contributed by atoms with E-state index in [4.69, 9.17) is 9.84 Å². The molecule has 1 N–H and O–H groups in total. The molecular formula is C13H19N3O4. The molecule has 1 amide bonds. The van der Waals surface area contributed by atoms with E-state index in [1.807, 2.05) is 6.92 Å². The fourth-order valence-electron chi connectivity index (χ4n) is 2.39. The van der Waals surface area contributed by atoms with E-state index >= 15 is 0 Å². The first kappa shape index (κ1) is 14.5. The standard InChI is InChI=1S/C13H19N3O4/c1-9-7-11(15(2)14-9)13(19)16-5-3-10(4-6-16)20-8-12(17)18/h7,10H,3-6,8H2,1-2H3,(H,17,18). The quantitative estimate of drug-likeness (QED) is 0.865. The molecule has 20 heavy (non-hydrogen) atoms. The van der Waals surface area contributed by atoms with Crippen LogP contribution in [-0.4, -0.2) is 57.5 Å². The number of hydrogen-bond acceptors (Lipinski definition) is 4. The van der Waals surface area contributed by atoms with E-state index in [0.29, 0.717) is 31.6 Å². The van der Waals surface area contributed by atoms with Crippen LogP contribution in [0.5, 0.6) is 0 Å². The van der Waals surface area contributed by atoms with Crippen molar-refractivity contribution in [1.29, 1.82) is 0 Å². The number of carbonyl (C=O) groups is 2. The Morgan fingerprint density at radius 3 is 2.60 bits per heavy atom. The number of aromatic nitrogens is 2. The van der Waals surface area contributed by atoms with Crippen molar-refractivity contribution in [2.45, 2.75) is 25.9 Å². The van der Waals surface area contributed by atoms with Gasteiger partial charge in [-0.25, -0.2) is 4.79 Å². The molecule has 1 saturated heterocycles. The van der Waals surface area contributed by atoms with Crippen molar-refractivity contribution in [2.75, 3.05) is 19.7 Å². The molecule has 0 bridgehead atoms. The minimum Gasteiger partial charge on any atom is -0.480 e. The molecule has 1 aromatic rings. The Bertz CT molecular complexity index is 504. The van der Waals surface area contributed by atoms with Crippen LogP contribution < -0.4 is 0 Å². The maximum absolute atomic E-state index is 12.3. The molecule has 0 radical (unpaired) electrons. The van der Waals surface area contributed by atoms with Gasteiger partial charge in [0.15, 0.2) is 0 Å². The van der Waals surface area contributed by atoms with Crippen LogP contribution in [-0.2, 0) is 16.6 Å². The number of nitrogens with zero attached hydrogens (tertiary/aromatic N) is 3. The molecule has 2 heterocycles. The Balaban J connectivity index is 1.89. The highest BCUT2D eigenvalue weighted by atomic mass is 16.5. The predicted molar refractivity (Wildman–Crippen MR) is 70.5 cm³/mol. The smallest absolute Gasteiger partial charge is 0.329 e. The van der Waals surface area contributed by atoms with Crippen LogP contribution in [0.15, 0.2) is 6.07 Å². The molecule has 0 aromatic carbocycles. The van der Waals surface area contributed by atoms with E-state index in [1.165, 1.54) is 0 Å². The molecule has 7 heteroatoms. The molecule has 1 aliphatic heterocycles. The summed E-state index contributed by atoms with van der Waals surface area (Å²) in [6, 6.07) is 1.77. The normalized spacial score (nSPS) is 16.4. The van der Waals surface area contributed by atoms with Crippen molar-refractivity contribution in [1.82, 2.24) is 14.7 Å². The van der Waals surface area contributed by atoms with Crippen LogP contribution in [0.4, 0.5) is 0 Å². The average Bonchev–Trinajstić information content (AvgIpc) is 2.75. The van der Waals surface area contributed by atoms with Crippen LogP contribution in [0.3, 0.4) is 0 Å². The van der Waals surface area contributed by atoms with Gasteiger partial charge >= 0.3 is 5.97 Å². The van der Waals surface area contributed by atoms with E-state index in [-0.39, 0.29) is 18.6 Å². The zero-order valence-corrected chi connectivity index (χ0v) is 11.7. The third kappa shape index (κ3) is 3.36. The van der Waals surface area contributed by atoms with Gasteiger partial charge in [-0.1, -0.05) is 0 Å². The second-order valence-electron chi connectivity index (χ2n) is 4.99. The van der Waals surface area contributed by atoms with Crippen molar-refractivity contribution in [3.05, 3.63) is 17.5 Å². The van der Waals surface area contributed by atoms with Gasteiger partial charge in [0, 0.05) is 20.1 Å². The number of carboxylic acids is 1. The second-order valence-corrected chi connectivity index (χ2v) is 4.99. The van der Waals surface area contributed by atoms with Crippen LogP contribution >= 0.6 is 0 Å². The zero-order valence-electron chi connectivity index (χ0n) is 11.7. The number of aliphatic carboxylic acids is 1. The lowest BCUT2D eigenvalue weighted by Gasteiger charge is -2.31. The lowest BCUT2D eigenvalue weighted by atomic mass is 10.1. The van der Waals surface area contributed by atoms with Gasteiger partial charge in [-0.3, -0.25) is 9.48 Å². The first-order valence-electron chi connectivity index (χ1n) is 6.60. The van der Waals surface area contributed by atoms with Gasteiger partial charge in [0.1, 0.15) is 12.3 Å². The Kier molecular flexibility index (Phi) is 4.39.